The summed E-state index contributed by atoms with van der Waals surface area (Å²) >= 11 is 0. The average molecular weight is 381 g/mol. The SMILES string of the molecule is O=C1CC[C@@H](NC(=O)OCc2ccccc2)C[C@@H](OC(=O)c2ccccc2)C1. The molecule has 6 nitrogen and oxygen atoms in total. The Balaban J connectivity index is 1.53. The fourth-order valence-electron chi connectivity index (χ4n) is 3.16. The number of alkyl carbamates (subject to hydrolysis) is 1. The van der Waals surface area contributed by atoms with E-state index in [0.29, 0.717) is 24.8 Å². The minimum absolute atomic E-state index is 0.0211. The van der Waals surface area contributed by atoms with Gasteiger partial charge in [0.2, 0.25) is 0 Å². The third-order valence-electron chi connectivity index (χ3n) is 4.59. The number of Topliss-reactive ketones (excluding diaryl/α,β-unsaturated/α-hetero) is 1. The highest BCUT2D eigenvalue weighted by Crippen LogP contribution is 2.20. The first-order chi connectivity index (χ1) is 13.6. The van der Waals surface area contributed by atoms with Crippen LogP contribution in [0.3, 0.4) is 0 Å². The zero-order valence-electron chi connectivity index (χ0n) is 15.5. The molecule has 0 spiro atoms. The molecule has 1 fully saturated rings. The molecule has 0 bridgehead atoms. The molecule has 0 heterocycles. The van der Waals surface area contributed by atoms with Gasteiger partial charge in [-0.05, 0) is 24.1 Å². The molecule has 2 aromatic carbocycles. The van der Waals surface area contributed by atoms with E-state index in [1.165, 1.54) is 0 Å². The first-order valence-corrected chi connectivity index (χ1v) is 9.35. The third kappa shape index (κ3) is 5.94. The molecule has 1 N–H and O–H groups in total. The Morgan fingerprint density at radius 1 is 1.00 bits per heavy atom. The van der Waals surface area contributed by atoms with E-state index in [1.807, 2.05) is 36.4 Å². The van der Waals surface area contributed by atoms with Crippen LogP contribution in [0.5, 0.6) is 0 Å². The van der Waals surface area contributed by atoms with Crippen molar-refractivity contribution in [2.24, 2.45) is 0 Å². The average Bonchev–Trinajstić information content (AvgIpc) is 2.88. The summed E-state index contributed by atoms with van der Waals surface area (Å²) in [5.41, 5.74) is 1.33. The summed E-state index contributed by atoms with van der Waals surface area (Å²) in [5, 5.41) is 2.79. The van der Waals surface area contributed by atoms with Gasteiger partial charge in [-0.25, -0.2) is 9.59 Å². The van der Waals surface area contributed by atoms with Crippen LogP contribution in [0.1, 0.15) is 41.6 Å². The Bertz CT molecular complexity index is 806. The van der Waals surface area contributed by atoms with Crippen molar-refractivity contribution in [3.05, 3.63) is 71.8 Å². The summed E-state index contributed by atoms with van der Waals surface area (Å²) in [4.78, 5) is 36.4. The van der Waals surface area contributed by atoms with E-state index in [1.54, 1.807) is 24.3 Å². The Morgan fingerprint density at radius 2 is 1.68 bits per heavy atom. The lowest BCUT2D eigenvalue weighted by Crippen LogP contribution is -2.37. The molecular weight excluding hydrogens is 358 g/mol. The van der Waals surface area contributed by atoms with E-state index in [9.17, 15) is 14.4 Å². The van der Waals surface area contributed by atoms with Crippen LogP contribution in [-0.2, 0) is 20.9 Å². The maximum absolute atomic E-state index is 12.3. The van der Waals surface area contributed by atoms with Gasteiger partial charge >= 0.3 is 12.1 Å². The topological polar surface area (TPSA) is 81.7 Å². The normalized spacial score (nSPS) is 19.4. The summed E-state index contributed by atoms with van der Waals surface area (Å²) in [7, 11) is 0. The fraction of sp³-hybridized carbons (Fsp3) is 0.318. The van der Waals surface area contributed by atoms with E-state index in [-0.39, 0.29) is 24.9 Å². The quantitative estimate of drug-likeness (QED) is 0.631. The van der Waals surface area contributed by atoms with E-state index < -0.39 is 18.2 Å². The van der Waals surface area contributed by atoms with Crippen LogP contribution in [0.4, 0.5) is 4.79 Å². The molecule has 0 saturated heterocycles. The number of esters is 1. The van der Waals surface area contributed by atoms with Gasteiger partial charge in [0.1, 0.15) is 18.5 Å². The number of ether oxygens (including phenoxy) is 2. The highest BCUT2D eigenvalue weighted by molar-refractivity contribution is 5.89. The van der Waals surface area contributed by atoms with E-state index in [4.69, 9.17) is 9.47 Å². The summed E-state index contributed by atoms with van der Waals surface area (Å²) < 4.78 is 10.8. The number of benzene rings is 2. The predicted octanol–water partition coefficient (Wildman–Crippen LogP) is 3.65. The molecular formula is C22H23NO5. The molecule has 1 amide bonds. The standard InChI is InChI=1S/C22H23NO5/c24-19-12-11-18(23-22(26)27-15-16-7-3-1-4-8-16)13-20(14-19)28-21(25)17-9-5-2-6-10-17/h1-10,18,20H,11-15H2,(H,23,26)/t18-,20-/m1/s1. The fourth-order valence-corrected chi connectivity index (χ4v) is 3.16. The number of amides is 1. The first-order valence-electron chi connectivity index (χ1n) is 9.35. The number of hydrogen-bond donors (Lipinski definition) is 1. The Labute approximate surface area is 163 Å². The molecule has 1 aliphatic rings. The molecule has 2 aromatic rings. The molecule has 146 valence electrons. The smallest absolute Gasteiger partial charge is 0.407 e. The Kier molecular flexibility index (Phi) is 6.78. The minimum atomic E-state index is -0.567. The van der Waals surface area contributed by atoms with Gasteiger partial charge in [-0.1, -0.05) is 48.5 Å². The van der Waals surface area contributed by atoms with Gasteiger partial charge in [-0.15, -0.1) is 0 Å². The van der Waals surface area contributed by atoms with Crippen LogP contribution in [0.25, 0.3) is 0 Å². The Morgan fingerprint density at radius 3 is 2.39 bits per heavy atom. The van der Waals surface area contributed by atoms with E-state index in [2.05, 4.69) is 5.32 Å². The van der Waals surface area contributed by atoms with Crippen LogP contribution in [0.15, 0.2) is 60.7 Å². The van der Waals surface area contributed by atoms with Crippen LogP contribution < -0.4 is 5.32 Å². The summed E-state index contributed by atoms with van der Waals surface area (Å²) in [6, 6.07) is 17.7. The molecule has 3 rings (SSSR count). The lowest BCUT2D eigenvalue weighted by Gasteiger charge is -2.21. The lowest BCUT2D eigenvalue weighted by atomic mass is 10.1. The molecule has 0 radical (unpaired) electrons. The molecule has 6 heteroatoms. The summed E-state index contributed by atoms with van der Waals surface area (Å²) in [6.45, 7) is 0.171. The summed E-state index contributed by atoms with van der Waals surface area (Å²) in [6.07, 6.45) is 0.265. The molecule has 2 atom stereocenters. The van der Waals surface area contributed by atoms with Crippen LogP contribution in [-0.4, -0.2) is 30.0 Å². The van der Waals surface area contributed by atoms with Gasteiger partial charge in [0.25, 0.3) is 0 Å². The zero-order valence-corrected chi connectivity index (χ0v) is 15.5. The molecule has 1 aliphatic carbocycles. The maximum atomic E-state index is 12.3. The zero-order chi connectivity index (χ0) is 19.8. The van der Waals surface area contributed by atoms with Crippen molar-refractivity contribution in [3.63, 3.8) is 0 Å². The molecule has 28 heavy (non-hydrogen) atoms. The second-order valence-corrected chi connectivity index (χ2v) is 6.81. The summed E-state index contributed by atoms with van der Waals surface area (Å²) in [5.74, 6) is -0.446. The van der Waals surface area contributed by atoms with Crippen LogP contribution in [0, 0.1) is 0 Å². The minimum Gasteiger partial charge on any atom is -0.458 e. The highest BCUT2D eigenvalue weighted by Gasteiger charge is 2.28. The van der Waals surface area contributed by atoms with Gasteiger partial charge in [-0.2, -0.15) is 0 Å². The molecule has 0 aromatic heterocycles. The first kappa shape index (κ1) is 19.6. The van der Waals surface area contributed by atoms with E-state index in [0.717, 1.165) is 5.56 Å². The predicted molar refractivity (Wildman–Crippen MR) is 103 cm³/mol. The van der Waals surface area contributed by atoms with Crippen molar-refractivity contribution in [3.8, 4) is 0 Å². The van der Waals surface area contributed by atoms with Crippen LogP contribution in [0.2, 0.25) is 0 Å². The number of carbonyl (C=O) groups is 3. The van der Waals surface area contributed by atoms with Gasteiger partial charge in [0.05, 0.1) is 5.56 Å². The van der Waals surface area contributed by atoms with Gasteiger partial charge < -0.3 is 14.8 Å². The molecule has 0 unspecified atom stereocenters. The van der Waals surface area contributed by atoms with Gasteiger partial charge in [0, 0.05) is 25.3 Å². The van der Waals surface area contributed by atoms with Crippen molar-refractivity contribution in [2.45, 2.75) is 44.4 Å². The van der Waals surface area contributed by atoms with Crippen molar-refractivity contribution in [1.82, 2.24) is 5.32 Å². The highest BCUT2D eigenvalue weighted by atomic mass is 16.6. The third-order valence-corrected chi connectivity index (χ3v) is 4.59. The number of hydrogen-bond acceptors (Lipinski definition) is 5. The van der Waals surface area contributed by atoms with Crippen molar-refractivity contribution < 1.29 is 23.9 Å². The molecule has 1 saturated carbocycles. The maximum Gasteiger partial charge on any atom is 0.407 e. The van der Waals surface area contributed by atoms with Crippen molar-refractivity contribution in [1.29, 1.82) is 0 Å². The number of carbonyl (C=O) groups excluding carboxylic acids is 3. The largest absolute Gasteiger partial charge is 0.458 e. The number of ketones is 1. The second kappa shape index (κ2) is 9.69. The van der Waals surface area contributed by atoms with Crippen molar-refractivity contribution >= 4 is 17.8 Å². The number of rotatable bonds is 5. The van der Waals surface area contributed by atoms with Gasteiger partial charge in [-0.3, -0.25) is 4.79 Å². The second-order valence-electron chi connectivity index (χ2n) is 6.81. The van der Waals surface area contributed by atoms with Crippen molar-refractivity contribution in [2.75, 3.05) is 0 Å². The lowest BCUT2D eigenvalue weighted by molar-refractivity contribution is -0.120. The van der Waals surface area contributed by atoms with E-state index >= 15 is 0 Å². The Hall–Kier alpha value is -3.15. The van der Waals surface area contributed by atoms with Crippen LogP contribution >= 0.6 is 0 Å². The number of nitrogens with one attached hydrogen (secondary N) is 1. The molecule has 0 aliphatic heterocycles. The van der Waals surface area contributed by atoms with Gasteiger partial charge in [0.15, 0.2) is 0 Å². The monoisotopic (exact) mass is 381 g/mol.